The molecular weight excluding hydrogens is 374 g/mol. The summed E-state index contributed by atoms with van der Waals surface area (Å²) in [7, 11) is 0. The highest BCUT2D eigenvalue weighted by Crippen LogP contribution is 2.21. The summed E-state index contributed by atoms with van der Waals surface area (Å²) in [4.78, 5) is 12.1. The number of nitrogens with one attached hydrogen (secondary N) is 1. The number of hydrogen-bond donors (Lipinski definition) is 1. The molecule has 8 heteroatoms. The van der Waals surface area contributed by atoms with Crippen LogP contribution in [0.1, 0.15) is 16.7 Å². The SMILES string of the molecule is Cc1cccc(OCCNC(=O)CSc2nnnn2-c2ccc(C)cc2C)c1. The number of rotatable bonds is 8. The fraction of sp³-hybridized carbons (Fsp3) is 0.300. The van der Waals surface area contributed by atoms with Gasteiger partial charge in [0.25, 0.3) is 0 Å². The summed E-state index contributed by atoms with van der Waals surface area (Å²) < 4.78 is 7.29. The van der Waals surface area contributed by atoms with Crippen molar-refractivity contribution in [3.63, 3.8) is 0 Å². The maximum Gasteiger partial charge on any atom is 0.230 e. The lowest BCUT2D eigenvalue weighted by Crippen LogP contribution is -2.29. The predicted octanol–water partition coefficient (Wildman–Crippen LogP) is 2.87. The molecule has 3 aromatic rings. The number of tetrazole rings is 1. The van der Waals surface area contributed by atoms with Gasteiger partial charge in [-0.15, -0.1) is 5.10 Å². The molecule has 0 fully saturated rings. The lowest BCUT2D eigenvalue weighted by molar-refractivity contribution is -0.118. The van der Waals surface area contributed by atoms with E-state index in [1.807, 2.05) is 57.2 Å². The molecule has 1 aromatic heterocycles. The first kappa shape index (κ1) is 19.9. The molecule has 7 nitrogen and oxygen atoms in total. The molecule has 28 heavy (non-hydrogen) atoms. The Morgan fingerprint density at radius 2 is 1.96 bits per heavy atom. The minimum absolute atomic E-state index is 0.0898. The number of amides is 1. The standard InChI is InChI=1S/C20H23N5O2S/c1-14-5-4-6-17(12-14)27-10-9-21-19(26)13-28-20-22-23-24-25(20)18-8-7-15(2)11-16(18)3/h4-8,11-12H,9-10,13H2,1-3H3,(H,21,26). The highest BCUT2D eigenvalue weighted by Gasteiger charge is 2.13. The molecule has 0 aliphatic heterocycles. The topological polar surface area (TPSA) is 81.9 Å². The molecule has 0 spiro atoms. The number of aromatic nitrogens is 4. The van der Waals surface area contributed by atoms with Crippen LogP contribution in [-0.2, 0) is 4.79 Å². The number of nitrogens with zero attached hydrogens (tertiary/aromatic N) is 4. The molecule has 1 heterocycles. The molecule has 3 rings (SSSR count). The molecule has 1 N–H and O–H groups in total. The van der Waals surface area contributed by atoms with Crippen molar-refractivity contribution in [2.24, 2.45) is 0 Å². The van der Waals surface area contributed by atoms with Crippen molar-refractivity contribution in [1.82, 2.24) is 25.5 Å². The lowest BCUT2D eigenvalue weighted by Gasteiger charge is -2.09. The van der Waals surface area contributed by atoms with Gasteiger partial charge in [-0.2, -0.15) is 4.68 Å². The Bertz CT molecular complexity index is 957. The second kappa shape index (κ2) is 9.36. The molecule has 0 saturated carbocycles. The van der Waals surface area contributed by atoms with Gasteiger partial charge in [-0.25, -0.2) is 0 Å². The molecule has 2 aromatic carbocycles. The number of carbonyl (C=O) groups excluding carboxylic acids is 1. The van der Waals surface area contributed by atoms with Gasteiger partial charge in [0.1, 0.15) is 12.4 Å². The van der Waals surface area contributed by atoms with E-state index < -0.39 is 0 Å². The van der Waals surface area contributed by atoms with E-state index in [1.54, 1.807) is 4.68 Å². The second-order valence-corrected chi connectivity index (χ2v) is 7.41. The first-order valence-corrected chi connectivity index (χ1v) is 9.96. The number of carbonyl (C=O) groups is 1. The molecule has 0 unspecified atom stereocenters. The third-order valence-corrected chi connectivity index (χ3v) is 4.96. The zero-order valence-corrected chi connectivity index (χ0v) is 17.0. The van der Waals surface area contributed by atoms with E-state index in [1.165, 1.54) is 17.3 Å². The molecule has 0 saturated heterocycles. The van der Waals surface area contributed by atoms with Crippen molar-refractivity contribution < 1.29 is 9.53 Å². The number of hydrogen-bond acceptors (Lipinski definition) is 6. The fourth-order valence-electron chi connectivity index (χ4n) is 2.71. The zero-order chi connectivity index (χ0) is 19.9. The average Bonchev–Trinajstić information content (AvgIpc) is 3.12. The van der Waals surface area contributed by atoms with Gasteiger partial charge in [0, 0.05) is 0 Å². The van der Waals surface area contributed by atoms with Crippen LogP contribution in [0.4, 0.5) is 0 Å². The van der Waals surface area contributed by atoms with Gasteiger partial charge in [-0.1, -0.05) is 41.6 Å². The summed E-state index contributed by atoms with van der Waals surface area (Å²) in [6.45, 7) is 6.92. The van der Waals surface area contributed by atoms with Gasteiger partial charge in [-0.3, -0.25) is 4.79 Å². The van der Waals surface area contributed by atoms with E-state index in [-0.39, 0.29) is 11.7 Å². The number of thioether (sulfide) groups is 1. The van der Waals surface area contributed by atoms with Crippen LogP contribution in [0.25, 0.3) is 5.69 Å². The van der Waals surface area contributed by atoms with Gasteiger partial charge >= 0.3 is 0 Å². The van der Waals surface area contributed by atoms with Crippen LogP contribution in [-0.4, -0.2) is 45.0 Å². The fourth-order valence-corrected chi connectivity index (χ4v) is 3.42. The Balaban J connectivity index is 1.47. The van der Waals surface area contributed by atoms with Gasteiger partial charge in [-0.05, 0) is 60.5 Å². The van der Waals surface area contributed by atoms with Crippen LogP contribution in [0.3, 0.4) is 0 Å². The summed E-state index contributed by atoms with van der Waals surface area (Å²) >= 11 is 1.30. The Morgan fingerprint density at radius 3 is 2.75 bits per heavy atom. The Labute approximate surface area is 168 Å². The third-order valence-electron chi connectivity index (χ3n) is 4.04. The van der Waals surface area contributed by atoms with Gasteiger partial charge < -0.3 is 10.1 Å². The van der Waals surface area contributed by atoms with E-state index in [0.717, 1.165) is 22.6 Å². The molecule has 1 amide bonds. The molecule has 146 valence electrons. The van der Waals surface area contributed by atoms with Crippen molar-refractivity contribution in [1.29, 1.82) is 0 Å². The quantitative estimate of drug-likeness (QED) is 0.465. The van der Waals surface area contributed by atoms with Crippen LogP contribution >= 0.6 is 11.8 Å². The maximum absolute atomic E-state index is 12.1. The Kier molecular flexibility index (Phi) is 6.65. The lowest BCUT2D eigenvalue weighted by atomic mass is 10.1. The minimum atomic E-state index is -0.0898. The Hall–Kier alpha value is -2.87. The maximum atomic E-state index is 12.1. The summed E-state index contributed by atoms with van der Waals surface area (Å²) in [6.07, 6.45) is 0. The monoisotopic (exact) mass is 397 g/mol. The van der Waals surface area contributed by atoms with Crippen LogP contribution in [0, 0.1) is 20.8 Å². The van der Waals surface area contributed by atoms with Crippen molar-refractivity contribution in [2.75, 3.05) is 18.9 Å². The zero-order valence-electron chi connectivity index (χ0n) is 16.2. The summed E-state index contributed by atoms with van der Waals surface area (Å²) in [5.74, 6) is 0.944. The Morgan fingerprint density at radius 1 is 1.14 bits per heavy atom. The van der Waals surface area contributed by atoms with Crippen LogP contribution in [0.2, 0.25) is 0 Å². The molecular formula is C20H23N5O2S. The number of benzene rings is 2. The summed E-state index contributed by atoms with van der Waals surface area (Å²) in [5, 5.41) is 15.3. The van der Waals surface area contributed by atoms with E-state index in [2.05, 4.69) is 26.9 Å². The summed E-state index contributed by atoms with van der Waals surface area (Å²) in [5.41, 5.74) is 4.30. The minimum Gasteiger partial charge on any atom is -0.492 e. The molecule has 0 atom stereocenters. The predicted molar refractivity (Wildman–Crippen MR) is 109 cm³/mol. The van der Waals surface area contributed by atoms with E-state index in [9.17, 15) is 4.79 Å². The van der Waals surface area contributed by atoms with Crippen molar-refractivity contribution >= 4 is 17.7 Å². The number of ether oxygens (including phenoxy) is 1. The van der Waals surface area contributed by atoms with Crippen LogP contribution < -0.4 is 10.1 Å². The summed E-state index contributed by atoms with van der Waals surface area (Å²) in [6, 6.07) is 13.9. The first-order valence-electron chi connectivity index (χ1n) is 8.98. The highest BCUT2D eigenvalue weighted by atomic mass is 32.2. The van der Waals surface area contributed by atoms with E-state index in [0.29, 0.717) is 18.3 Å². The molecule has 0 aliphatic rings. The van der Waals surface area contributed by atoms with Gasteiger partial charge in [0.05, 0.1) is 18.0 Å². The van der Waals surface area contributed by atoms with Crippen LogP contribution in [0.15, 0.2) is 47.6 Å². The van der Waals surface area contributed by atoms with Crippen molar-refractivity contribution in [3.05, 3.63) is 59.2 Å². The van der Waals surface area contributed by atoms with Crippen molar-refractivity contribution in [3.8, 4) is 11.4 Å². The molecule has 0 radical (unpaired) electrons. The first-order chi connectivity index (χ1) is 13.5. The third kappa shape index (κ3) is 5.32. The second-order valence-electron chi connectivity index (χ2n) is 6.47. The highest BCUT2D eigenvalue weighted by molar-refractivity contribution is 7.99. The molecule has 0 bridgehead atoms. The van der Waals surface area contributed by atoms with Gasteiger partial charge in [0.2, 0.25) is 11.1 Å². The van der Waals surface area contributed by atoms with E-state index >= 15 is 0 Å². The van der Waals surface area contributed by atoms with Gasteiger partial charge in [0.15, 0.2) is 0 Å². The smallest absolute Gasteiger partial charge is 0.230 e. The average molecular weight is 398 g/mol. The van der Waals surface area contributed by atoms with Crippen molar-refractivity contribution in [2.45, 2.75) is 25.9 Å². The normalized spacial score (nSPS) is 10.7. The number of aryl methyl sites for hydroxylation is 3. The van der Waals surface area contributed by atoms with E-state index in [4.69, 9.17) is 4.74 Å². The largest absolute Gasteiger partial charge is 0.492 e. The molecule has 0 aliphatic carbocycles. The van der Waals surface area contributed by atoms with Crippen LogP contribution in [0.5, 0.6) is 5.75 Å².